The van der Waals surface area contributed by atoms with E-state index in [0.717, 1.165) is 26.5 Å². The molecule has 9 nitrogen and oxygen atoms in total. The van der Waals surface area contributed by atoms with Crippen LogP contribution in [0, 0.1) is 6.92 Å². The zero-order valence-electron chi connectivity index (χ0n) is 13.9. The van der Waals surface area contributed by atoms with Crippen LogP contribution in [-0.4, -0.2) is 44.9 Å². The molecule has 2 aromatic heterocycles. The van der Waals surface area contributed by atoms with Gasteiger partial charge >= 0.3 is 5.69 Å². The van der Waals surface area contributed by atoms with Crippen LogP contribution in [0.5, 0.6) is 0 Å². The Bertz CT molecular complexity index is 938. The molecule has 0 aliphatic heterocycles. The predicted molar refractivity (Wildman–Crippen MR) is 89.7 cm³/mol. The maximum Gasteiger partial charge on any atom is 0.331 e. The van der Waals surface area contributed by atoms with Crippen LogP contribution < -0.4 is 16.6 Å². The molecule has 2 heterocycles. The van der Waals surface area contributed by atoms with Gasteiger partial charge in [0.15, 0.2) is 5.13 Å². The lowest BCUT2D eigenvalue weighted by molar-refractivity contribution is 0.0831. The quantitative estimate of drug-likeness (QED) is 0.824. The molecular weight excluding hydrogens is 334 g/mol. The highest BCUT2D eigenvalue weighted by molar-refractivity contribution is 7.17. The molecule has 0 aliphatic carbocycles. The summed E-state index contributed by atoms with van der Waals surface area (Å²) in [5, 5.41) is 2.74. The lowest BCUT2D eigenvalue weighted by atomic mass is 10.3. The molecule has 0 saturated heterocycles. The van der Waals surface area contributed by atoms with E-state index in [9.17, 15) is 19.2 Å². The molecule has 0 unspecified atom stereocenters. The van der Waals surface area contributed by atoms with Crippen LogP contribution in [0.3, 0.4) is 0 Å². The Kier molecular flexibility index (Phi) is 4.69. The first-order valence-corrected chi connectivity index (χ1v) is 7.72. The predicted octanol–water partition coefficient (Wildman–Crippen LogP) is -0.197. The number of hydrogen-bond donors (Lipinski definition) is 1. The Balaban J connectivity index is 2.35. The summed E-state index contributed by atoms with van der Waals surface area (Å²) in [6.07, 6.45) is 0. The molecule has 0 bridgehead atoms. The first-order chi connectivity index (χ1) is 11.1. The molecule has 0 aliphatic rings. The fraction of sp³-hybridized carbons (Fsp3) is 0.357. The number of carbonyl (C=O) groups excluding carboxylic acids is 2. The molecule has 10 heteroatoms. The first kappa shape index (κ1) is 17.6. The van der Waals surface area contributed by atoms with Gasteiger partial charge in [-0.15, -0.1) is 0 Å². The van der Waals surface area contributed by atoms with Crippen molar-refractivity contribution in [2.24, 2.45) is 14.1 Å². The van der Waals surface area contributed by atoms with Gasteiger partial charge in [-0.3, -0.25) is 28.8 Å². The van der Waals surface area contributed by atoms with Gasteiger partial charge < -0.3 is 4.90 Å². The topological polar surface area (TPSA) is 106 Å². The Labute approximate surface area is 141 Å². The zero-order valence-corrected chi connectivity index (χ0v) is 14.7. The second-order valence-corrected chi connectivity index (χ2v) is 6.35. The molecule has 0 fully saturated rings. The van der Waals surface area contributed by atoms with E-state index in [1.54, 1.807) is 21.0 Å². The molecular formula is C14H17N5O4S. The van der Waals surface area contributed by atoms with Crippen LogP contribution in [0.1, 0.15) is 25.9 Å². The fourth-order valence-electron chi connectivity index (χ4n) is 1.96. The Morgan fingerprint density at radius 2 is 1.83 bits per heavy atom. The number of aryl methyl sites for hydroxylation is 1. The summed E-state index contributed by atoms with van der Waals surface area (Å²) in [7, 11) is 5.96. The minimum absolute atomic E-state index is 0.0866. The largest absolute Gasteiger partial charge is 0.344 e. The minimum Gasteiger partial charge on any atom is -0.344 e. The highest BCUT2D eigenvalue weighted by atomic mass is 32.1. The maximum absolute atomic E-state index is 12.3. The van der Waals surface area contributed by atoms with Gasteiger partial charge in [-0.1, -0.05) is 11.3 Å². The van der Waals surface area contributed by atoms with Crippen molar-refractivity contribution in [1.82, 2.24) is 19.0 Å². The zero-order chi connectivity index (χ0) is 18.2. The summed E-state index contributed by atoms with van der Waals surface area (Å²) in [5.74, 6) is -0.864. The van der Waals surface area contributed by atoms with Gasteiger partial charge in [-0.2, -0.15) is 0 Å². The molecule has 24 heavy (non-hydrogen) atoms. The van der Waals surface area contributed by atoms with Crippen LogP contribution in [-0.2, 0) is 14.1 Å². The molecule has 128 valence electrons. The molecule has 0 spiro atoms. The molecule has 0 atom stereocenters. The molecule has 2 amide bonds. The van der Waals surface area contributed by atoms with Crippen molar-refractivity contribution in [3.63, 3.8) is 0 Å². The van der Waals surface area contributed by atoms with Gasteiger partial charge in [0.05, 0.1) is 5.69 Å². The van der Waals surface area contributed by atoms with E-state index in [-0.39, 0.29) is 16.7 Å². The SMILES string of the molecule is Cc1nc(NC(=O)c2cc(=O)n(C)c(=O)n2C)sc1C(=O)N(C)C. The molecule has 0 saturated carbocycles. The average molecular weight is 351 g/mol. The number of rotatable bonds is 3. The Morgan fingerprint density at radius 3 is 2.42 bits per heavy atom. The monoisotopic (exact) mass is 351 g/mol. The smallest absolute Gasteiger partial charge is 0.331 e. The third-order valence-electron chi connectivity index (χ3n) is 3.38. The van der Waals surface area contributed by atoms with E-state index in [2.05, 4.69) is 10.3 Å². The number of nitrogens with zero attached hydrogens (tertiary/aromatic N) is 4. The fourth-order valence-corrected chi connectivity index (χ4v) is 2.95. The third-order valence-corrected chi connectivity index (χ3v) is 4.44. The second kappa shape index (κ2) is 6.40. The third kappa shape index (κ3) is 3.13. The van der Waals surface area contributed by atoms with E-state index in [1.165, 1.54) is 19.0 Å². The van der Waals surface area contributed by atoms with Crippen LogP contribution in [0.15, 0.2) is 15.7 Å². The van der Waals surface area contributed by atoms with E-state index >= 15 is 0 Å². The number of aromatic nitrogens is 3. The standard InChI is InChI=1S/C14H17N5O4S/c1-7-10(12(22)17(2)3)24-13(15-7)16-11(21)8-6-9(20)19(5)14(23)18(8)4/h6H,1-5H3,(H,15,16,21). The molecule has 0 aromatic carbocycles. The average Bonchev–Trinajstić information content (AvgIpc) is 2.88. The highest BCUT2D eigenvalue weighted by Crippen LogP contribution is 2.23. The van der Waals surface area contributed by atoms with Gasteiger partial charge in [0.25, 0.3) is 17.4 Å². The Morgan fingerprint density at radius 1 is 1.21 bits per heavy atom. The number of thiazole rings is 1. The summed E-state index contributed by atoms with van der Waals surface area (Å²) in [4.78, 5) is 53.9. The molecule has 0 radical (unpaired) electrons. The van der Waals surface area contributed by atoms with E-state index in [1.807, 2.05) is 0 Å². The summed E-state index contributed by atoms with van der Waals surface area (Å²) < 4.78 is 1.97. The van der Waals surface area contributed by atoms with Gasteiger partial charge in [-0.05, 0) is 6.92 Å². The van der Waals surface area contributed by atoms with Crippen molar-refractivity contribution in [3.05, 3.63) is 43.2 Å². The Hall–Kier alpha value is -2.75. The molecule has 2 rings (SSSR count). The van der Waals surface area contributed by atoms with Crippen molar-refractivity contribution in [3.8, 4) is 0 Å². The van der Waals surface area contributed by atoms with Crippen LogP contribution >= 0.6 is 11.3 Å². The van der Waals surface area contributed by atoms with E-state index in [4.69, 9.17) is 0 Å². The van der Waals surface area contributed by atoms with E-state index in [0.29, 0.717) is 10.6 Å². The summed E-state index contributed by atoms with van der Waals surface area (Å²) in [6.45, 7) is 1.66. The normalized spacial score (nSPS) is 10.5. The van der Waals surface area contributed by atoms with E-state index < -0.39 is 17.2 Å². The second-order valence-electron chi connectivity index (χ2n) is 5.36. The van der Waals surface area contributed by atoms with Crippen molar-refractivity contribution in [1.29, 1.82) is 0 Å². The summed E-state index contributed by atoms with van der Waals surface area (Å²) >= 11 is 1.03. The lowest BCUT2D eigenvalue weighted by Gasteiger charge is -2.08. The highest BCUT2D eigenvalue weighted by Gasteiger charge is 2.20. The first-order valence-electron chi connectivity index (χ1n) is 6.91. The van der Waals surface area contributed by atoms with Gasteiger partial charge in [0, 0.05) is 34.3 Å². The van der Waals surface area contributed by atoms with Crippen LogP contribution in [0.25, 0.3) is 0 Å². The van der Waals surface area contributed by atoms with Crippen molar-refractivity contribution in [2.75, 3.05) is 19.4 Å². The summed E-state index contributed by atoms with van der Waals surface area (Å²) in [6, 6.07) is 1.07. The number of carbonyl (C=O) groups is 2. The number of nitrogens with one attached hydrogen (secondary N) is 1. The van der Waals surface area contributed by atoms with Crippen molar-refractivity contribution in [2.45, 2.75) is 6.92 Å². The van der Waals surface area contributed by atoms with Crippen molar-refractivity contribution >= 4 is 28.3 Å². The number of amides is 2. The maximum atomic E-state index is 12.3. The molecule has 2 aromatic rings. The summed E-state index contributed by atoms with van der Waals surface area (Å²) in [5.41, 5.74) is -0.781. The molecule has 1 N–H and O–H groups in total. The van der Waals surface area contributed by atoms with Crippen LogP contribution in [0.4, 0.5) is 5.13 Å². The minimum atomic E-state index is -0.648. The van der Waals surface area contributed by atoms with Crippen molar-refractivity contribution < 1.29 is 9.59 Å². The number of hydrogen-bond acceptors (Lipinski definition) is 6. The van der Waals surface area contributed by atoms with Gasteiger partial charge in [0.1, 0.15) is 10.6 Å². The van der Waals surface area contributed by atoms with Gasteiger partial charge in [-0.25, -0.2) is 9.78 Å². The van der Waals surface area contributed by atoms with Gasteiger partial charge in [0.2, 0.25) is 0 Å². The van der Waals surface area contributed by atoms with Crippen LogP contribution in [0.2, 0.25) is 0 Å². The number of anilines is 1. The lowest BCUT2D eigenvalue weighted by Crippen LogP contribution is -2.40.